The van der Waals surface area contributed by atoms with Crippen LogP contribution in [0, 0.1) is 0 Å². The Bertz CT molecular complexity index is 409. The van der Waals surface area contributed by atoms with E-state index in [-0.39, 0.29) is 53.3 Å². The summed E-state index contributed by atoms with van der Waals surface area (Å²) in [7, 11) is 2.85. The molecular formula is C13H22N2O4Y. The number of likely N-dealkylation sites (N-methyl/N-ethyl adjacent to an activating group) is 1. The number of rotatable bonds is 3. The van der Waals surface area contributed by atoms with Gasteiger partial charge in [0.25, 0.3) is 5.91 Å². The smallest absolute Gasteiger partial charge is 0.408 e. The molecule has 0 fully saturated rings. The van der Waals surface area contributed by atoms with E-state index in [0.29, 0.717) is 5.56 Å². The molecule has 20 heavy (non-hydrogen) atoms. The van der Waals surface area contributed by atoms with Crippen molar-refractivity contribution in [1.29, 1.82) is 0 Å². The predicted molar refractivity (Wildman–Crippen MR) is 73.9 cm³/mol. The average Bonchev–Trinajstić information content (AvgIpc) is 2.36. The molecule has 0 aliphatic heterocycles. The molecule has 1 aromatic carbocycles. The third-order valence-corrected chi connectivity index (χ3v) is 2.11. The summed E-state index contributed by atoms with van der Waals surface area (Å²) >= 11 is 0. The molecular weight excluding hydrogens is 337 g/mol. The number of phenols is 1. The van der Waals surface area contributed by atoms with Crippen LogP contribution in [-0.2, 0) is 42.2 Å². The zero-order chi connectivity index (χ0) is 12.8. The first-order valence-corrected chi connectivity index (χ1v) is 4.97. The summed E-state index contributed by atoms with van der Waals surface area (Å²) in [6.45, 7) is 0. The summed E-state index contributed by atoms with van der Waals surface area (Å²) in [5.74, 6) is -0.372. The van der Waals surface area contributed by atoms with E-state index in [1.165, 1.54) is 38.4 Å². The minimum atomic E-state index is -1.04. The molecule has 0 aliphatic rings. The summed E-state index contributed by atoms with van der Waals surface area (Å²) in [6, 6.07) is 5.85. The van der Waals surface area contributed by atoms with Gasteiger partial charge in [0.1, 0.15) is 5.75 Å². The fraction of sp³-hybridized carbons (Fsp3) is 0.385. The molecule has 6 nitrogen and oxygen atoms in total. The summed E-state index contributed by atoms with van der Waals surface area (Å²) in [6.07, 6.45) is -1.74. The van der Waals surface area contributed by atoms with Gasteiger partial charge in [0.15, 0.2) is 0 Å². The van der Waals surface area contributed by atoms with Gasteiger partial charge >= 0.3 is 6.09 Å². The maximum absolute atomic E-state index is 11.6. The van der Waals surface area contributed by atoms with Gasteiger partial charge in [0.05, 0.1) is 0 Å². The van der Waals surface area contributed by atoms with E-state index in [9.17, 15) is 9.59 Å². The van der Waals surface area contributed by atoms with Crippen LogP contribution in [0.3, 0.4) is 0 Å². The largest absolute Gasteiger partial charge is 0.508 e. The van der Waals surface area contributed by atoms with E-state index < -0.39 is 18.1 Å². The Labute approximate surface area is 145 Å². The summed E-state index contributed by atoms with van der Waals surface area (Å²) < 4.78 is 4.93. The Morgan fingerprint density at radius 2 is 1.60 bits per heavy atom. The summed E-state index contributed by atoms with van der Waals surface area (Å²) in [5, 5.41) is 13.8. The standard InChI is InChI=1S/C11H14N2O4.2CH4.Y/c1-12-10(15)9(17-11(16)13-2)7-3-5-8(14)6-4-7;;;/h3-6,9,14H,1-2H3,(H,12,15)(H,13,16);2*1H4;. The first kappa shape index (κ1) is 23.9. The fourth-order valence-electron chi connectivity index (χ4n) is 1.22. The minimum Gasteiger partial charge on any atom is -0.508 e. The van der Waals surface area contributed by atoms with Crippen molar-refractivity contribution >= 4 is 12.0 Å². The molecule has 7 heteroatoms. The molecule has 111 valence electrons. The van der Waals surface area contributed by atoms with Gasteiger partial charge in [-0.2, -0.15) is 0 Å². The van der Waals surface area contributed by atoms with E-state index in [1.54, 1.807) is 0 Å². The van der Waals surface area contributed by atoms with Crippen molar-refractivity contribution in [2.45, 2.75) is 21.0 Å². The van der Waals surface area contributed by atoms with Crippen molar-refractivity contribution in [3.63, 3.8) is 0 Å². The van der Waals surface area contributed by atoms with Gasteiger partial charge in [-0.1, -0.05) is 27.0 Å². The predicted octanol–water partition coefficient (Wildman–Crippen LogP) is 1.80. The summed E-state index contributed by atoms with van der Waals surface area (Å²) in [4.78, 5) is 22.7. The molecule has 0 spiro atoms. The fourth-order valence-corrected chi connectivity index (χ4v) is 1.22. The van der Waals surface area contributed by atoms with Crippen molar-refractivity contribution in [2.75, 3.05) is 14.1 Å². The van der Waals surface area contributed by atoms with E-state index in [4.69, 9.17) is 9.84 Å². The Hall–Kier alpha value is -1.14. The van der Waals surface area contributed by atoms with E-state index in [0.717, 1.165) is 0 Å². The van der Waals surface area contributed by atoms with Gasteiger partial charge in [-0.3, -0.25) is 4.79 Å². The molecule has 1 rings (SSSR count). The second kappa shape index (κ2) is 11.7. The second-order valence-electron chi connectivity index (χ2n) is 3.24. The molecule has 1 aromatic rings. The van der Waals surface area contributed by atoms with Crippen LogP contribution < -0.4 is 10.6 Å². The van der Waals surface area contributed by atoms with Gasteiger partial charge in [-0.05, 0) is 12.1 Å². The minimum absolute atomic E-state index is 0. The first-order valence-electron chi connectivity index (χ1n) is 4.97. The third-order valence-electron chi connectivity index (χ3n) is 2.11. The van der Waals surface area contributed by atoms with Gasteiger partial charge in [-0.15, -0.1) is 0 Å². The van der Waals surface area contributed by atoms with E-state index >= 15 is 0 Å². The van der Waals surface area contributed by atoms with Gasteiger partial charge in [-0.25, -0.2) is 4.79 Å². The van der Waals surface area contributed by atoms with Crippen LogP contribution in [-0.4, -0.2) is 31.2 Å². The number of amides is 2. The second-order valence-corrected chi connectivity index (χ2v) is 3.24. The molecule has 1 unspecified atom stereocenters. The molecule has 0 heterocycles. The number of carbonyl (C=O) groups excluding carboxylic acids is 2. The molecule has 1 radical (unpaired) electrons. The number of hydrogen-bond donors (Lipinski definition) is 3. The van der Waals surface area contributed by atoms with Crippen LogP contribution in [0.25, 0.3) is 0 Å². The maximum atomic E-state index is 11.6. The SMILES string of the molecule is C.C.CNC(=O)OC(C(=O)NC)c1ccc(O)cc1.[Y]. The molecule has 0 saturated carbocycles. The van der Waals surface area contributed by atoms with Crippen LogP contribution in [0.4, 0.5) is 4.79 Å². The molecule has 3 N–H and O–H groups in total. The Balaban J connectivity index is -0.000000963. The Morgan fingerprint density at radius 3 is 2.00 bits per heavy atom. The van der Waals surface area contributed by atoms with Crippen molar-refractivity contribution < 1.29 is 52.1 Å². The van der Waals surface area contributed by atoms with Crippen LogP contribution in [0.5, 0.6) is 5.75 Å². The molecule has 0 saturated heterocycles. The summed E-state index contributed by atoms with van der Waals surface area (Å²) in [5.41, 5.74) is 0.478. The Morgan fingerprint density at radius 1 is 1.10 bits per heavy atom. The third kappa shape index (κ3) is 6.86. The topological polar surface area (TPSA) is 87.7 Å². The Kier molecular flexibility index (Phi) is 14.0. The maximum Gasteiger partial charge on any atom is 0.408 e. The number of nitrogens with one attached hydrogen (secondary N) is 2. The van der Waals surface area contributed by atoms with Crippen molar-refractivity contribution in [2.24, 2.45) is 0 Å². The molecule has 0 aliphatic carbocycles. The number of benzene rings is 1. The molecule has 0 aromatic heterocycles. The number of phenolic OH excluding ortho intramolecular Hbond substituents is 1. The van der Waals surface area contributed by atoms with Crippen molar-refractivity contribution in [3.05, 3.63) is 29.8 Å². The zero-order valence-electron chi connectivity index (χ0n) is 10.1. The average molecular weight is 359 g/mol. The monoisotopic (exact) mass is 359 g/mol. The van der Waals surface area contributed by atoms with Crippen LogP contribution in [0.15, 0.2) is 24.3 Å². The van der Waals surface area contributed by atoms with E-state index in [2.05, 4.69) is 10.6 Å². The number of alkyl carbamates (subject to hydrolysis) is 1. The van der Waals surface area contributed by atoms with Crippen LogP contribution in [0.2, 0.25) is 0 Å². The van der Waals surface area contributed by atoms with Crippen LogP contribution in [0.1, 0.15) is 26.5 Å². The molecule has 2 amide bonds. The number of aromatic hydroxyl groups is 1. The first-order chi connectivity index (χ1) is 8.08. The molecule has 0 bridgehead atoms. The number of hydrogen-bond acceptors (Lipinski definition) is 4. The van der Waals surface area contributed by atoms with Gasteiger partial charge in [0.2, 0.25) is 6.10 Å². The zero-order valence-corrected chi connectivity index (χ0v) is 13.0. The number of carbonyl (C=O) groups is 2. The normalized spacial score (nSPS) is 9.70. The van der Waals surface area contributed by atoms with Crippen molar-refractivity contribution in [1.82, 2.24) is 10.6 Å². The molecule has 1 atom stereocenters. The van der Waals surface area contributed by atoms with Crippen LogP contribution >= 0.6 is 0 Å². The number of ether oxygens (including phenoxy) is 1. The van der Waals surface area contributed by atoms with Crippen molar-refractivity contribution in [3.8, 4) is 5.75 Å². The van der Waals surface area contributed by atoms with Gasteiger partial charge in [0, 0.05) is 52.4 Å². The van der Waals surface area contributed by atoms with E-state index in [1.807, 2.05) is 0 Å². The quantitative estimate of drug-likeness (QED) is 0.768. The van der Waals surface area contributed by atoms with Gasteiger partial charge < -0.3 is 20.5 Å².